The Kier molecular flexibility index (Phi) is 5.02. The van der Waals surface area contributed by atoms with Crippen LogP contribution in [0.4, 0.5) is 0 Å². The Labute approximate surface area is 123 Å². The van der Waals surface area contributed by atoms with Gasteiger partial charge in [-0.3, -0.25) is 0 Å². The number of rotatable bonds is 5. The lowest BCUT2D eigenvalue weighted by Gasteiger charge is -2.12. The predicted molar refractivity (Wildman–Crippen MR) is 78.3 cm³/mol. The van der Waals surface area contributed by atoms with E-state index in [2.05, 4.69) is 6.07 Å². The lowest BCUT2D eigenvalue weighted by Crippen LogP contribution is -2.05. The van der Waals surface area contributed by atoms with Gasteiger partial charge in [-0.25, -0.2) is 4.79 Å². The van der Waals surface area contributed by atoms with E-state index in [1.165, 1.54) is 7.11 Å². The van der Waals surface area contributed by atoms with Crippen LogP contribution in [-0.2, 0) is 4.74 Å². The molecule has 4 heteroatoms. The van der Waals surface area contributed by atoms with Crippen LogP contribution in [-0.4, -0.2) is 25.6 Å². The summed E-state index contributed by atoms with van der Waals surface area (Å²) in [6.07, 6.45) is 0. The quantitative estimate of drug-likeness (QED) is 0.624. The first-order valence-corrected chi connectivity index (χ1v) is 6.68. The Balaban J connectivity index is 2.49. The highest BCUT2D eigenvalue weighted by atomic mass is 35.5. The standard InChI is InChI=1S/C16H14ClO3/c1-19-16(18)14-8-3-2-6-12(14)13-7-4-5-9-15(13)20-11-10-17/h2-8H,10-11H2,1H3. The van der Waals surface area contributed by atoms with E-state index in [0.29, 0.717) is 23.8 Å². The molecule has 0 fully saturated rings. The minimum Gasteiger partial charge on any atom is -0.491 e. The number of methoxy groups -OCH3 is 1. The number of carbonyl (C=O) groups excluding carboxylic acids is 1. The van der Waals surface area contributed by atoms with Crippen LogP contribution in [0.3, 0.4) is 0 Å². The van der Waals surface area contributed by atoms with Crippen LogP contribution in [0.25, 0.3) is 11.1 Å². The number of carbonyl (C=O) groups is 1. The summed E-state index contributed by atoms with van der Waals surface area (Å²) in [5.41, 5.74) is 2.03. The number of alkyl halides is 1. The van der Waals surface area contributed by atoms with Crippen molar-refractivity contribution in [1.29, 1.82) is 0 Å². The molecular weight excluding hydrogens is 276 g/mol. The van der Waals surface area contributed by atoms with Gasteiger partial charge >= 0.3 is 5.97 Å². The van der Waals surface area contributed by atoms with E-state index in [9.17, 15) is 4.79 Å². The number of benzene rings is 2. The maximum Gasteiger partial charge on any atom is 0.338 e. The maximum absolute atomic E-state index is 11.8. The summed E-state index contributed by atoms with van der Waals surface area (Å²) in [6, 6.07) is 15.7. The smallest absolute Gasteiger partial charge is 0.338 e. The Hall–Kier alpha value is -2.00. The minimum absolute atomic E-state index is 0.382. The molecule has 0 atom stereocenters. The van der Waals surface area contributed by atoms with E-state index in [-0.39, 0.29) is 5.97 Å². The summed E-state index contributed by atoms with van der Waals surface area (Å²) in [4.78, 5) is 11.8. The van der Waals surface area contributed by atoms with Crippen molar-refractivity contribution >= 4 is 17.6 Å². The molecule has 0 heterocycles. The zero-order chi connectivity index (χ0) is 14.4. The fraction of sp³-hybridized carbons (Fsp3) is 0.188. The molecule has 0 N–H and O–H groups in total. The summed E-state index contributed by atoms with van der Waals surface area (Å²) < 4.78 is 10.4. The summed E-state index contributed by atoms with van der Waals surface area (Å²) in [7, 11) is 1.36. The highest BCUT2D eigenvalue weighted by Crippen LogP contribution is 2.32. The fourth-order valence-electron chi connectivity index (χ4n) is 1.90. The largest absolute Gasteiger partial charge is 0.491 e. The first-order valence-electron chi connectivity index (χ1n) is 6.15. The van der Waals surface area contributed by atoms with Crippen molar-refractivity contribution in [3.63, 3.8) is 0 Å². The van der Waals surface area contributed by atoms with Crippen LogP contribution >= 0.6 is 11.6 Å². The molecule has 103 valence electrons. The van der Waals surface area contributed by atoms with E-state index in [1.54, 1.807) is 18.2 Å². The van der Waals surface area contributed by atoms with Crippen molar-refractivity contribution in [2.75, 3.05) is 19.6 Å². The van der Waals surface area contributed by atoms with Gasteiger partial charge in [-0.05, 0) is 11.6 Å². The summed E-state index contributed by atoms with van der Waals surface area (Å²) in [6.45, 7) is 0.384. The van der Waals surface area contributed by atoms with Gasteiger partial charge < -0.3 is 9.47 Å². The molecule has 0 bridgehead atoms. The Morgan fingerprint density at radius 3 is 2.70 bits per heavy atom. The first kappa shape index (κ1) is 14.4. The molecule has 3 nitrogen and oxygen atoms in total. The van der Waals surface area contributed by atoms with Gasteiger partial charge in [0.25, 0.3) is 0 Å². The molecule has 2 rings (SSSR count). The Morgan fingerprint density at radius 2 is 1.95 bits per heavy atom. The second kappa shape index (κ2) is 6.96. The third kappa shape index (κ3) is 3.11. The van der Waals surface area contributed by atoms with Gasteiger partial charge in [0, 0.05) is 11.6 Å². The van der Waals surface area contributed by atoms with Crippen molar-refractivity contribution in [3.8, 4) is 16.9 Å². The molecule has 0 saturated carbocycles. The van der Waals surface area contributed by atoms with Crippen molar-refractivity contribution < 1.29 is 14.3 Å². The Bertz CT molecular complexity index is 596. The summed E-state index contributed by atoms with van der Waals surface area (Å²) >= 11 is 5.64. The molecular formula is C16H14ClO3. The van der Waals surface area contributed by atoms with Crippen LogP contribution in [0.5, 0.6) is 5.75 Å². The van der Waals surface area contributed by atoms with Crippen LogP contribution < -0.4 is 4.74 Å². The predicted octanol–water partition coefficient (Wildman–Crippen LogP) is 3.56. The fourth-order valence-corrected chi connectivity index (χ4v) is 1.98. The van der Waals surface area contributed by atoms with Crippen molar-refractivity contribution in [3.05, 3.63) is 54.1 Å². The summed E-state index contributed by atoms with van der Waals surface area (Å²) in [5.74, 6) is 0.582. The average Bonchev–Trinajstić information content (AvgIpc) is 2.52. The monoisotopic (exact) mass is 289 g/mol. The van der Waals surface area contributed by atoms with Gasteiger partial charge in [0.2, 0.25) is 0 Å². The van der Waals surface area contributed by atoms with Crippen molar-refractivity contribution in [1.82, 2.24) is 0 Å². The van der Waals surface area contributed by atoms with Gasteiger partial charge in [-0.15, -0.1) is 11.6 Å². The lowest BCUT2D eigenvalue weighted by molar-refractivity contribution is 0.0601. The summed E-state index contributed by atoms with van der Waals surface area (Å²) in [5, 5.41) is 0. The topological polar surface area (TPSA) is 35.5 Å². The van der Waals surface area contributed by atoms with Gasteiger partial charge in [0.05, 0.1) is 18.6 Å². The molecule has 2 aromatic rings. The zero-order valence-electron chi connectivity index (χ0n) is 11.1. The molecule has 0 spiro atoms. The van der Waals surface area contributed by atoms with Crippen LogP contribution in [0.15, 0.2) is 42.5 Å². The average molecular weight is 290 g/mol. The zero-order valence-corrected chi connectivity index (χ0v) is 11.8. The number of para-hydroxylation sites is 1. The van der Waals surface area contributed by atoms with E-state index in [0.717, 1.165) is 11.1 Å². The third-order valence-corrected chi connectivity index (χ3v) is 2.92. The highest BCUT2D eigenvalue weighted by Gasteiger charge is 2.15. The van der Waals surface area contributed by atoms with E-state index in [4.69, 9.17) is 21.1 Å². The molecule has 0 unspecified atom stereocenters. The van der Waals surface area contributed by atoms with Crippen LogP contribution in [0.1, 0.15) is 10.4 Å². The van der Waals surface area contributed by atoms with Crippen LogP contribution in [0, 0.1) is 6.07 Å². The lowest BCUT2D eigenvalue weighted by atomic mass is 9.99. The van der Waals surface area contributed by atoms with Gasteiger partial charge in [-0.2, -0.15) is 0 Å². The molecule has 1 radical (unpaired) electrons. The number of halogens is 1. The highest BCUT2D eigenvalue weighted by molar-refractivity contribution is 6.18. The maximum atomic E-state index is 11.8. The molecule has 20 heavy (non-hydrogen) atoms. The van der Waals surface area contributed by atoms with Gasteiger partial charge in [-0.1, -0.05) is 36.4 Å². The van der Waals surface area contributed by atoms with Crippen molar-refractivity contribution in [2.24, 2.45) is 0 Å². The third-order valence-electron chi connectivity index (χ3n) is 2.76. The van der Waals surface area contributed by atoms with E-state index in [1.807, 2.05) is 24.3 Å². The van der Waals surface area contributed by atoms with Crippen LogP contribution in [0.2, 0.25) is 0 Å². The van der Waals surface area contributed by atoms with E-state index < -0.39 is 0 Å². The second-order valence-corrected chi connectivity index (χ2v) is 4.37. The molecule has 0 aromatic heterocycles. The van der Waals surface area contributed by atoms with E-state index >= 15 is 0 Å². The normalized spacial score (nSPS) is 10.1. The second-order valence-electron chi connectivity index (χ2n) is 3.99. The van der Waals surface area contributed by atoms with Gasteiger partial charge in [0.1, 0.15) is 12.4 Å². The molecule has 0 saturated heterocycles. The van der Waals surface area contributed by atoms with Crippen molar-refractivity contribution in [2.45, 2.75) is 0 Å². The SMILES string of the molecule is COC(=O)c1ccccc1-c1ccc[c]c1OCCCl. The number of esters is 1. The molecule has 0 aliphatic carbocycles. The molecule has 2 aromatic carbocycles. The number of hydrogen-bond donors (Lipinski definition) is 0. The molecule has 0 amide bonds. The molecule has 0 aliphatic rings. The van der Waals surface area contributed by atoms with Gasteiger partial charge in [0.15, 0.2) is 0 Å². The number of hydrogen-bond acceptors (Lipinski definition) is 3. The Morgan fingerprint density at radius 1 is 1.20 bits per heavy atom. The first-order chi connectivity index (χ1) is 9.77. The minimum atomic E-state index is -0.382. The number of ether oxygens (including phenoxy) is 2. The molecule has 0 aliphatic heterocycles.